The van der Waals surface area contributed by atoms with Gasteiger partial charge in [0.25, 0.3) is 5.91 Å². The Morgan fingerprint density at radius 1 is 1.42 bits per heavy atom. The fourth-order valence-corrected chi connectivity index (χ4v) is 3.72. The minimum absolute atomic E-state index is 0.0137. The number of halogens is 2. The van der Waals surface area contributed by atoms with Gasteiger partial charge in [0.1, 0.15) is 24.1 Å². The fourth-order valence-electron chi connectivity index (χ4n) is 3.72. The summed E-state index contributed by atoms with van der Waals surface area (Å²) in [5, 5.41) is 29.3. The molecule has 1 amide bonds. The Bertz CT molecular complexity index is 1180. The number of nitrogens with zero attached hydrogens (tertiary/aromatic N) is 5. The van der Waals surface area contributed by atoms with Crippen LogP contribution in [0.5, 0.6) is 0 Å². The predicted molar refractivity (Wildman–Crippen MR) is 106 cm³/mol. The molecule has 3 aromatic rings. The van der Waals surface area contributed by atoms with E-state index in [1.165, 1.54) is 36.5 Å². The molecule has 31 heavy (non-hydrogen) atoms. The van der Waals surface area contributed by atoms with Gasteiger partial charge in [-0.1, -0.05) is 0 Å². The summed E-state index contributed by atoms with van der Waals surface area (Å²) in [6.07, 6.45) is -0.598. The van der Waals surface area contributed by atoms with Crippen LogP contribution in [0, 0.1) is 17.1 Å². The number of carbonyl (C=O) groups is 1. The molecule has 3 atom stereocenters. The third kappa shape index (κ3) is 4.02. The highest BCUT2D eigenvalue weighted by molar-refractivity contribution is 6.07. The standard InChI is InChI=1S/C20H19F2N7O2/c1-29(8-11-4-12(21)3-2-10(11)7-23)20(31)17-16-18(24-9-25-19(16)28-27-17)26-14-5-13(22)6-15(14)30/h2-4,9,13-15,30H,5-6,8H2,1H3,(H2,24,25,26,27,28)/t13-,14-,15-/m1/s1. The minimum Gasteiger partial charge on any atom is -0.391 e. The molecule has 3 N–H and O–H groups in total. The van der Waals surface area contributed by atoms with Gasteiger partial charge in [0.15, 0.2) is 11.3 Å². The van der Waals surface area contributed by atoms with Crippen LogP contribution < -0.4 is 5.32 Å². The number of aromatic amines is 1. The normalized spacial score (nSPS) is 20.5. The van der Waals surface area contributed by atoms with Gasteiger partial charge in [-0.25, -0.2) is 18.7 Å². The van der Waals surface area contributed by atoms with Crippen molar-refractivity contribution in [1.29, 1.82) is 5.26 Å². The zero-order valence-electron chi connectivity index (χ0n) is 16.5. The zero-order chi connectivity index (χ0) is 22.1. The van der Waals surface area contributed by atoms with E-state index in [2.05, 4.69) is 25.5 Å². The molecule has 0 unspecified atom stereocenters. The van der Waals surface area contributed by atoms with Crippen LogP contribution in [0.4, 0.5) is 14.6 Å². The van der Waals surface area contributed by atoms with Gasteiger partial charge in [-0.05, 0) is 23.8 Å². The Kier molecular flexibility index (Phi) is 5.48. The van der Waals surface area contributed by atoms with Crippen molar-refractivity contribution in [1.82, 2.24) is 25.1 Å². The predicted octanol–water partition coefficient (Wildman–Crippen LogP) is 1.91. The van der Waals surface area contributed by atoms with Gasteiger partial charge in [-0.3, -0.25) is 9.89 Å². The van der Waals surface area contributed by atoms with Gasteiger partial charge in [0, 0.05) is 26.4 Å². The van der Waals surface area contributed by atoms with Crippen molar-refractivity contribution in [3.05, 3.63) is 47.2 Å². The first-order valence-electron chi connectivity index (χ1n) is 9.59. The summed E-state index contributed by atoms with van der Waals surface area (Å²) in [4.78, 5) is 22.6. The number of hydrogen-bond donors (Lipinski definition) is 3. The number of hydrogen-bond acceptors (Lipinski definition) is 7. The largest absolute Gasteiger partial charge is 0.391 e. The molecule has 0 radical (unpaired) electrons. The molecule has 1 saturated carbocycles. The van der Waals surface area contributed by atoms with E-state index in [1.807, 2.05) is 6.07 Å². The Hall–Kier alpha value is -3.65. The monoisotopic (exact) mass is 427 g/mol. The molecule has 0 bridgehead atoms. The van der Waals surface area contributed by atoms with Crippen molar-refractivity contribution in [2.24, 2.45) is 0 Å². The molecule has 2 aromatic heterocycles. The lowest BCUT2D eigenvalue weighted by molar-refractivity contribution is 0.0781. The number of aliphatic hydroxyl groups excluding tert-OH is 1. The van der Waals surface area contributed by atoms with E-state index in [1.54, 1.807) is 0 Å². The van der Waals surface area contributed by atoms with Crippen LogP contribution in [-0.2, 0) is 6.54 Å². The third-order valence-corrected chi connectivity index (χ3v) is 5.30. The second-order valence-electron chi connectivity index (χ2n) is 7.48. The maximum atomic E-state index is 13.6. The lowest BCUT2D eigenvalue weighted by atomic mass is 10.1. The number of rotatable bonds is 5. The first-order chi connectivity index (χ1) is 14.9. The van der Waals surface area contributed by atoms with E-state index in [0.717, 1.165) is 0 Å². The topological polar surface area (TPSA) is 131 Å². The molecule has 2 heterocycles. The third-order valence-electron chi connectivity index (χ3n) is 5.30. The maximum Gasteiger partial charge on any atom is 0.275 e. The number of fused-ring (bicyclic) bond motifs is 1. The molecule has 9 nitrogen and oxygen atoms in total. The van der Waals surface area contributed by atoms with Crippen molar-refractivity contribution in [3.63, 3.8) is 0 Å². The average Bonchev–Trinajstić information content (AvgIpc) is 3.31. The van der Waals surface area contributed by atoms with Crippen LogP contribution in [-0.4, -0.2) is 61.4 Å². The lowest BCUT2D eigenvalue weighted by Crippen LogP contribution is -2.29. The molecule has 160 valence electrons. The van der Waals surface area contributed by atoms with Crippen LogP contribution in [0.2, 0.25) is 0 Å². The molecule has 0 saturated heterocycles. The van der Waals surface area contributed by atoms with Gasteiger partial charge < -0.3 is 15.3 Å². The highest BCUT2D eigenvalue weighted by Crippen LogP contribution is 2.29. The summed E-state index contributed by atoms with van der Waals surface area (Å²) in [6, 6.07) is 5.16. The summed E-state index contributed by atoms with van der Waals surface area (Å²) in [7, 11) is 1.50. The van der Waals surface area contributed by atoms with Gasteiger partial charge in [0.2, 0.25) is 0 Å². The number of alkyl halides is 1. The molecule has 1 aliphatic carbocycles. The van der Waals surface area contributed by atoms with E-state index in [-0.39, 0.29) is 36.5 Å². The number of anilines is 1. The number of nitriles is 1. The summed E-state index contributed by atoms with van der Waals surface area (Å²) in [5.41, 5.74) is 0.923. The average molecular weight is 427 g/mol. The number of amides is 1. The van der Waals surface area contributed by atoms with Crippen LogP contribution in [0.3, 0.4) is 0 Å². The van der Waals surface area contributed by atoms with Crippen molar-refractivity contribution < 1.29 is 18.7 Å². The van der Waals surface area contributed by atoms with Crippen molar-refractivity contribution in [2.45, 2.75) is 37.7 Å². The summed E-state index contributed by atoms with van der Waals surface area (Å²) in [6.45, 7) is -0.0187. The van der Waals surface area contributed by atoms with Gasteiger partial charge in [-0.2, -0.15) is 10.4 Å². The van der Waals surface area contributed by atoms with Crippen LogP contribution in [0.1, 0.15) is 34.5 Å². The number of carbonyl (C=O) groups excluding carboxylic acids is 1. The van der Waals surface area contributed by atoms with Gasteiger partial charge in [-0.15, -0.1) is 0 Å². The first kappa shape index (κ1) is 20.6. The maximum absolute atomic E-state index is 13.6. The Labute approximate surface area is 175 Å². The van der Waals surface area contributed by atoms with Crippen molar-refractivity contribution >= 4 is 22.8 Å². The van der Waals surface area contributed by atoms with E-state index in [9.17, 15) is 23.9 Å². The van der Waals surface area contributed by atoms with Crippen LogP contribution in [0.15, 0.2) is 24.5 Å². The van der Waals surface area contributed by atoms with Crippen LogP contribution >= 0.6 is 0 Å². The van der Waals surface area contributed by atoms with Gasteiger partial charge in [0.05, 0.1) is 29.2 Å². The minimum atomic E-state index is -1.12. The Morgan fingerprint density at radius 2 is 2.23 bits per heavy atom. The van der Waals surface area contributed by atoms with E-state index >= 15 is 0 Å². The van der Waals surface area contributed by atoms with E-state index in [4.69, 9.17) is 0 Å². The number of aromatic nitrogens is 4. The van der Waals surface area contributed by atoms with E-state index < -0.39 is 30.0 Å². The highest BCUT2D eigenvalue weighted by Gasteiger charge is 2.34. The number of benzene rings is 1. The SMILES string of the molecule is CN(Cc1cc(F)ccc1C#N)C(=O)c1n[nH]c2ncnc(N[C@@H]3C[C@@H](F)C[C@H]3O)c12. The quantitative estimate of drug-likeness (QED) is 0.567. The molecular weight excluding hydrogens is 408 g/mol. The van der Waals surface area contributed by atoms with Crippen molar-refractivity contribution in [2.75, 3.05) is 12.4 Å². The van der Waals surface area contributed by atoms with Crippen LogP contribution in [0.25, 0.3) is 11.0 Å². The summed E-state index contributed by atoms with van der Waals surface area (Å²) in [5.74, 6) is -0.772. The molecule has 1 aliphatic rings. The molecule has 1 fully saturated rings. The Balaban J connectivity index is 1.63. The molecule has 0 aliphatic heterocycles. The van der Waals surface area contributed by atoms with Gasteiger partial charge >= 0.3 is 0 Å². The molecule has 1 aromatic carbocycles. The fraction of sp³-hybridized carbons (Fsp3) is 0.350. The smallest absolute Gasteiger partial charge is 0.275 e. The molecular formula is C20H19F2N7O2. The number of aliphatic hydroxyl groups is 1. The summed E-state index contributed by atoms with van der Waals surface area (Å²) >= 11 is 0. The first-order valence-corrected chi connectivity index (χ1v) is 9.59. The second-order valence-corrected chi connectivity index (χ2v) is 7.48. The number of nitrogens with one attached hydrogen (secondary N) is 2. The second kappa shape index (κ2) is 8.23. The van der Waals surface area contributed by atoms with Crippen molar-refractivity contribution in [3.8, 4) is 6.07 Å². The molecule has 0 spiro atoms. The Morgan fingerprint density at radius 3 is 2.94 bits per heavy atom. The number of H-pyrrole nitrogens is 1. The molecule has 4 rings (SSSR count). The summed E-state index contributed by atoms with van der Waals surface area (Å²) < 4.78 is 27.2. The highest BCUT2D eigenvalue weighted by atomic mass is 19.1. The molecule has 11 heteroatoms. The lowest BCUT2D eigenvalue weighted by Gasteiger charge is -2.19. The van der Waals surface area contributed by atoms with E-state index in [0.29, 0.717) is 16.6 Å². The zero-order valence-corrected chi connectivity index (χ0v) is 16.5.